The monoisotopic (exact) mass is 228 g/mol. The van der Waals surface area contributed by atoms with Gasteiger partial charge in [0, 0.05) is 0 Å². The Labute approximate surface area is 106 Å². The Hall–Kier alpha value is 1.06. The summed E-state index contributed by atoms with van der Waals surface area (Å²) in [5.41, 5.74) is 0. The maximum Gasteiger partial charge on any atom is 0.279 e. The zero-order chi connectivity index (χ0) is 11.1. The van der Waals surface area contributed by atoms with Gasteiger partial charge in [0.05, 0.1) is 0 Å². The third kappa shape index (κ3) is 5.23. The molecule has 0 N–H and O–H groups in total. The molecule has 0 aromatic heterocycles. The van der Waals surface area contributed by atoms with Crippen molar-refractivity contribution in [3.63, 3.8) is 0 Å². The van der Waals surface area contributed by atoms with Crippen LogP contribution in [0.1, 0.15) is 62.3 Å². The van der Waals surface area contributed by atoms with Crippen molar-refractivity contribution >= 4 is 31.5 Å². The van der Waals surface area contributed by atoms with E-state index in [2.05, 4.69) is 62.3 Å². The van der Waals surface area contributed by atoms with Crippen molar-refractivity contribution < 1.29 is 0 Å². The van der Waals surface area contributed by atoms with E-state index in [0.29, 0.717) is 12.8 Å². The number of hydrogen-bond acceptors (Lipinski definition) is 0. The second kappa shape index (κ2) is 4.93. The first-order valence-corrected chi connectivity index (χ1v) is 7.10. The van der Waals surface area contributed by atoms with E-state index >= 15 is 0 Å². The fourth-order valence-electron chi connectivity index (χ4n) is 3.90. The predicted octanol–water partition coefficient (Wildman–Crippen LogP) is 3.70. The summed E-state index contributed by atoms with van der Waals surface area (Å²) in [7, 11) is 0. The largest absolute Gasteiger partial charge is 0.279 e. The van der Waals surface area contributed by atoms with Gasteiger partial charge in [-0.25, -0.2) is 0 Å². The van der Waals surface area contributed by atoms with E-state index in [1.807, 2.05) is 0 Å². The zero-order valence-electron chi connectivity index (χ0n) is 11.1. The van der Waals surface area contributed by atoms with Crippen LogP contribution in [0.2, 0.25) is 12.8 Å². The van der Waals surface area contributed by atoms with Crippen molar-refractivity contribution in [2.75, 3.05) is 0 Å². The van der Waals surface area contributed by atoms with Gasteiger partial charge in [-0.2, -0.15) is 0 Å². The molecule has 0 saturated carbocycles. The summed E-state index contributed by atoms with van der Waals surface area (Å²) in [4.78, 5) is 0. The molecule has 0 aromatic carbocycles. The van der Waals surface area contributed by atoms with E-state index in [0.717, 1.165) is 0 Å². The minimum absolute atomic E-state index is 0. The van der Waals surface area contributed by atoms with Crippen LogP contribution < -0.4 is 0 Å². The maximum absolute atomic E-state index is 2.42. The molecular formula is C12H30Al2. The fourth-order valence-corrected chi connectivity index (χ4v) is 11.7. The van der Waals surface area contributed by atoms with Gasteiger partial charge >= 0.3 is 0 Å². The first kappa shape index (κ1) is 17.5. The molecule has 0 fully saturated rings. The number of hydrogen-bond donors (Lipinski definition) is 0. The molecule has 0 aliphatic heterocycles. The first-order valence-electron chi connectivity index (χ1n) is 5.37. The highest BCUT2D eigenvalue weighted by atomic mass is 27.2. The summed E-state index contributed by atoms with van der Waals surface area (Å²) in [5.74, 6) is 0. The molecule has 0 heterocycles. The second-order valence-electron chi connectivity index (χ2n) is 7.53. The van der Waals surface area contributed by atoms with Crippen molar-refractivity contribution in [3.8, 4) is 0 Å². The Morgan fingerprint density at radius 2 is 0.643 bits per heavy atom. The van der Waals surface area contributed by atoms with Gasteiger partial charge in [0.1, 0.15) is 0 Å². The summed E-state index contributed by atoms with van der Waals surface area (Å²) in [6, 6.07) is 0. The Morgan fingerprint density at radius 1 is 0.500 bits per heavy atom. The second-order valence-corrected chi connectivity index (χ2v) is 13.6. The van der Waals surface area contributed by atoms with Crippen molar-refractivity contribution in [2.24, 2.45) is 0 Å². The lowest BCUT2D eigenvalue weighted by Crippen LogP contribution is -2.42. The molecule has 0 nitrogen and oxygen atoms in total. The van der Waals surface area contributed by atoms with Crippen LogP contribution in [0, 0.1) is 0 Å². The molecular weight excluding hydrogens is 198 g/mol. The quantitative estimate of drug-likeness (QED) is 0.555. The van der Waals surface area contributed by atoms with Gasteiger partial charge in [0.25, 0.3) is 14.1 Å². The van der Waals surface area contributed by atoms with Gasteiger partial charge in [-0.15, -0.1) is 0 Å². The smallest absolute Gasteiger partial charge is 0.0779 e. The normalized spacial score (nSPS) is 13.5. The Bertz CT molecular complexity index is 131. The molecule has 0 radical (unpaired) electrons. The van der Waals surface area contributed by atoms with E-state index in [9.17, 15) is 0 Å². The lowest BCUT2D eigenvalue weighted by molar-refractivity contribution is 0.568. The van der Waals surface area contributed by atoms with Crippen LogP contribution in [-0.2, 0) is 0 Å². The van der Waals surface area contributed by atoms with Crippen LogP contribution in [0.5, 0.6) is 0 Å². The molecule has 0 aliphatic carbocycles. The van der Waals surface area contributed by atoms with E-state index in [1.165, 1.54) is 0 Å². The summed E-state index contributed by atoms with van der Waals surface area (Å²) in [6.07, 6.45) is 0. The molecule has 0 unspecified atom stereocenters. The maximum atomic E-state index is 2.42. The van der Waals surface area contributed by atoms with Crippen LogP contribution in [-0.4, -0.2) is 31.5 Å². The van der Waals surface area contributed by atoms with E-state index < -0.39 is 14.1 Å². The summed E-state index contributed by atoms with van der Waals surface area (Å²) in [6.45, 7) is 21.8. The Balaban J connectivity index is 0. The van der Waals surface area contributed by atoms with E-state index in [1.54, 1.807) is 0 Å². The van der Waals surface area contributed by atoms with Crippen LogP contribution in [0.25, 0.3) is 0 Å². The summed E-state index contributed by atoms with van der Waals surface area (Å²) < 4.78 is 1.57. The van der Waals surface area contributed by atoms with Crippen molar-refractivity contribution in [2.45, 2.75) is 75.1 Å². The van der Waals surface area contributed by atoms with E-state index in [-0.39, 0.29) is 17.4 Å². The first-order chi connectivity index (χ1) is 5.37. The fraction of sp³-hybridized carbons (Fsp3) is 1.00. The average molecular weight is 228 g/mol. The van der Waals surface area contributed by atoms with Crippen LogP contribution in [0.3, 0.4) is 0 Å². The predicted molar refractivity (Wildman–Crippen MR) is 74.8 cm³/mol. The third-order valence-electron chi connectivity index (χ3n) is 2.60. The zero-order valence-corrected chi connectivity index (χ0v) is 12.2. The molecule has 0 atom stereocenters. The molecule has 84 valence electrons. The molecule has 14 heavy (non-hydrogen) atoms. The van der Waals surface area contributed by atoms with Gasteiger partial charge in [-0.05, 0) is 0 Å². The minimum atomic E-state index is -0.799. The molecule has 0 amide bonds. The Morgan fingerprint density at radius 3 is 0.643 bits per heavy atom. The summed E-state index contributed by atoms with van der Waals surface area (Å²) >= 11 is -0.799. The molecule has 0 spiro atoms. The van der Waals surface area contributed by atoms with Crippen molar-refractivity contribution in [1.82, 2.24) is 0 Å². The molecule has 0 rings (SSSR count). The van der Waals surface area contributed by atoms with Crippen molar-refractivity contribution in [3.05, 3.63) is 0 Å². The molecule has 0 aromatic rings. The SMILES string of the molecule is C[C](C)(C)[Al]([C](C)(C)C)[C](C)(C)C.[AlH3]. The van der Waals surface area contributed by atoms with Gasteiger partial charge in [-0.1, -0.05) is 75.1 Å². The third-order valence-corrected chi connectivity index (χ3v) is 7.79. The molecule has 0 saturated heterocycles. The highest BCUT2D eigenvalue weighted by Gasteiger charge is 2.48. The van der Waals surface area contributed by atoms with Gasteiger partial charge in [0.15, 0.2) is 17.4 Å². The highest BCUT2D eigenvalue weighted by Crippen LogP contribution is 2.52. The Kier molecular flexibility index (Phi) is 6.15. The summed E-state index contributed by atoms with van der Waals surface area (Å²) in [5, 5.41) is 0. The molecule has 2 heteroatoms. The molecule has 0 aliphatic rings. The highest BCUT2D eigenvalue weighted by molar-refractivity contribution is 6.68. The van der Waals surface area contributed by atoms with Gasteiger partial charge < -0.3 is 0 Å². The number of rotatable bonds is 0. The van der Waals surface area contributed by atoms with Crippen molar-refractivity contribution in [1.29, 1.82) is 0 Å². The molecule has 0 bridgehead atoms. The van der Waals surface area contributed by atoms with Crippen LogP contribution in [0.15, 0.2) is 0 Å². The van der Waals surface area contributed by atoms with Gasteiger partial charge in [-0.3, -0.25) is 0 Å². The minimum Gasteiger partial charge on any atom is -0.0779 e. The lowest BCUT2D eigenvalue weighted by atomic mass is 10.2. The van der Waals surface area contributed by atoms with E-state index in [4.69, 9.17) is 0 Å². The standard InChI is InChI=1S/3C4H9.2Al.3H/c3*1-4(2)3;;;;;/h3*1-3H3;;;;;. The topological polar surface area (TPSA) is 0 Å². The van der Waals surface area contributed by atoms with Crippen LogP contribution >= 0.6 is 0 Å². The average Bonchev–Trinajstić information content (AvgIpc) is 1.44. The van der Waals surface area contributed by atoms with Gasteiger partial charge in [0.2, 0.25) is 0 Å². The lowest BCUT2D eigenvalue weighted by Gasteiger charge is -2.44. The van der Waals surface area contributed by atoms with Crippen LogP contribution in [0.4, 0.5) is 0 Å².